The van der Waals surface area contributed by atoms with E-state index in [-0.39, 0.29) is 11.4 Å². The Morgan fingerprint density at radius 1 is 1.57 bits per heavy atom. The van der Waals surface area contributed by atoms with Crippen molar-refractivity contribution in [1.82, 2.24) is 15.3 Å². The molecule has 1 aromatic heterocycles. The van der Waals surface area contributed by atoms with E-state index in [0.717, 1.165) is 5.69 Å². The van der Waals surface area contributed by atoms with Crippen LogP contribution in [0, 0.1) is 0 Å². The van der Waals surface area contributed by atoms with Crippen LogP contribution in [0.4, 0.5) is 0 Å². The number of imidazole rings is 1. The Labute approximate surface area is 84.1 Å². The van der Waals surface area contributed by atoms with Gasteiger partial charge in [0.05, 0.1) is 12.0 Å². The van der Waals surface area contributed by atoms with Gasteiger partial charge in [-0.25, -0.2) is 4.98 Å². The normalized spacial score (nSPS) is 11.4. The van der Waals surface area contributed by atoms with E-state index in [1.54, 1.807) is 6.33 Å². The predicted molar refractivity (Wildman–Crippen MR) is 54.8 cm³/mol. The van der Waals surface area contributed by atoms with Crippen molar-refractivity contribution in [3.63, 3.8) is 0 Å². The number of hydrogen-bond donors (Lipinski definition) is 2. The van der Waals surface area contributed by atoms with Gasteiger partial charge in [-0.1, -0.05) is 0 Å². The van der Waals surface area contributed by atoms with Crippen LogP contribution in [0.1, 0.15) is 32.9 Å². The minimum absolute atomic E-state index is 0.0699. The zero-order valence-corrected chi connectivity index (χ0v) is 8.92. The molecule has 0 spiro atoms. The number of H-pyrrole nitrogens is 1. The summed E-state index contributed by atoms with van der Waals surface area (Å²) in [7, 11) is 0. The van der Waals surface area contributed by atoms with E-state index in [9.17, 15) is 4.79 Å². The number of carbonyl (C=O) groups excluding carboxylic acids is 1. The first-order valence-corrected chi connectivity index (χ1v) is 4.76. The molecule has 2 N–H and O–H groups in total. The van der Waals surface area contributed by atoms with Crippen molar-refractivity contribution >= 4 is 5.91 Å². The molecule has 1 heterocycles. The molecule has 0 atom stereocenters. The van der Waals surface area contributed by atoms with E-state index in [1.807, 2.05) is 27.0 Å². The van der Waals surface area contributed by atoms with E-state index in [0.29, 0.717) is 12.8 Å². The van der Waals surface area contributed by atoms with E-state index >= 15 is 0 Å². The summed E-state index contributed by atoms with van der Waals surface area (Å²) in [5.74, 6) is 0.0699. The number of nitrogens with zero attached hydrogens (tertiary/aromatic N) is 1. The first kappa shape index (κ1) is 10.8. The Morgan fingerprint density at radius 2 is 2.29 bits per heavy atom. The molecule has 78 valence electrons. The highest BCUT2D eigenvalue weighted by Gasteiger charge is 2.13. The minimum Gasteiger partial charge on any atom is -0.351 e. The lowest BCUT2D eigenvalue weighted by Crippen LogP contribution is -2.40. The molecule has 0 radical (unpaired) electrons. The van der Waals surface area contributed by atoms with E-state index in [4.69, 9.17) is 0 Å². The number of aryl methyl sites for hydroxylation is 1. The largest absolute Gasteiger partial charge is 0.351 e. The molecule has 0 aliphatic carbocycles. The monoisotopic (exact) mass is 195 g/mol. The molecule has 0 aliphatic rings. The Balaban J connectivity index is 2.29. The van der Waals surface area contributed by atoms with E-state index < -0.39 is 0 Å². The molecule has 0 unspecified atom stereocenters. The topological polar surface area (TPSA) is 57.8 Å². The molecule has 4 heteroatoms. The summed E-state index contributed by atoms with van der Waals surface area (Å²) >= 11 is 0. The molecule has 14 heavy (non-hydrogen) atoms. The molecule has 0 fully saturated rings. The third-order valence-corrected chi connectivity index (χ3v) is 1.68. The highest BCUT2D eigenvalue weighted by Crippen LogP contribution is 2.01. The molecule has 1 aromatic rings. The molecule has 0 saturated carbocycles. The number of nitrogens with one attached hydrogen (secondary N) is 2. The predicted octanol–water partition coefficient (Wildman–Crippen LogP) is 1.26. The Kier molecular flexibility index (Phi) is 3.28. The average Bonchev–Trinajstić information content (AvgIpc) is 2.49. The second-order valence-electron chi connectivity index (χ2n) is 4.36. The molecular formula is C10H17N3O. The van der Waals surface area contributed by atoms with Crippen LogP contribution < -0.4 is 5.32 Å². The highest BCUT2D eigenvalue weighted by molar-refractivity contribution is 5.76. The van der Waals surface area contributed by atoms with Gasteiger partial charge in [-0.05, 0) is 27.2 Å². The highest BCUT2D eigenvalue weighted by atomic mass is 16.1. The molecular weight excluding hydrogens is 178 g/mol. The van der Waals surface area contributed by atoms with Crippen LogP contribution in [0.2, 0.25) is 0 Å². The Morgan fingerprint density at radius 3 is 2.79 bits per heavy atom. The van der Waals surface area contributed by atoms with Gasteiger partial charge in [0.25, 0.3) is 0 Å². The summed E-state index contributed by atoms with van der Waals surface area (Å²) in [6.07, 6.45) is 4.61. The van der Waals surface area contributed by atoms with Gasteiger partial charge in [0, 0.05) is 18.2 Å². The van der Waals surface area contributed by atoms with Gasteiger partial charge in [0.2, 0.25) is 5.91 Å². The Bertz CT molecular complexity index is 285. The molecule has 0 aromatic carbocycles. The standard InChI is InChI=1S/C10H17N3O/c1-10(2,3)13-9(14)5-4-8-6-11-7-12-8/h6-7H,4-5H2,1-3H3,(H,11,12)(H,13,14). The van der Waals surface area contributed by atoms with Crippen molar-refractivity contribution in [2.75, 3.05) is 0 Å². The number of hydrogen-bond acceptors (Lipinski definition) is 2. The smallest absolute Gasteiger partial charge is 0.220 e. The van der Waals surface area contributed by atoms with Gasteiger partial charge in [0.1, 0.15) is 0 Å². The number of carbonyl (C=O) groups is 1. The zero-order chi connectivity index (χ0) is 10.6. The molecule has 1 rings (SSSR count). The van der Waals surface area contributed by atoms with Crippen molar-refractivity contribution < 1.29 is 4.79 Å². The fourth-order valence-corrected chi connectivity index (χ4v) is 1.15. The molecule has 0 saturated heterocycles. The number of aromatic nitrogens is 2. The summed E-state index contributed by atoms with van der Waals surface area (Å²) < 4.78 is 0. The summed E-state index contributed by atoms with van der Waals surface area (Å²) in [5.41, 5.74) is 0.775. The van der Waals surface area contributed by atoms with Crippen molar-refractivity contribution in [3.05, 3.63) is 18.2 Å². The third kappa shape index (κ3) is 4.07. The summed E-state index contributed by atoms with van der Waals surface area (Å²) in [6, 6.07) is 0. The van der Waals surface area contributed by atoms with Crippen LogP contribution in [-0.4, -0.2) is 21.4 Å². The van der Waals surface area contributed by atoms with Crippen molar-refractivity contribution in [1.29, 1.82) is 0 Å². The maximum Gasteiger partial charge on any atom is 0.220 e. The second kappa shape index (κ2) is 4.26. The molecule has 4 nitrogen and oxygen atoms in total. The van der Waals surface area contributed by atoms with Crippen LogP contribution in [-0.2, 0) is 11.2 Å². The maximum absolute atomic E-state index is 11.4. The van der Waals surface area contributed by atoms with Gasteiger partial charge in [0.15, 0.2) is 0 Å². The number of rotatable bonds is 3. The lowest BCUT2D eigenvalue weighted by atomic mass is 10.1. The lowest BCUT2D eigenvalue weighted by molar-refractivity contribution is -0.122. The van der Waals surface area contributed by atoms with Gasteiger partial charge < -0.3 is 10.3 Å². The molecule has 0 aliphatic heterocycles. The van der Waals surface area contributed by atoms with Crippen molar-refractivity contribution in [2.45, 2.75) is 39.2 Å². The molecule has 0 bridgehead atoms. The Hall–Kier alpha value is -1.32. The van der Waals surface area contributed by atoms with Gasteiger partial charge in [-0.3, -0.25) is 4.79 Å². The second-order valence-corrected chi connectivity index (χ2v) is 4.36. The van der Waals surface area contributed by atoms with Gasteiger partial charge in [-0.2, -0.15) is 0 Å². The molecule has 1 amide bonds. The van der Waals surface area contributed by atoms with Crippen LogP contribution in [0.5, 0.6) is 0 Å². The van der Waals surface area contributed by atoms with Crippen LogP contribution in [0.3, 0.4) is 0 Å². The number of amides is 1. The summed E-state index contributed by atoms with van der Waals surface area (Å²) in [5, 5.41) is 2.90. The summed E-state index contributed by atoms with van der Waals surface area (Å²) in [4.78, 5) is 18.3. The third-order valence-electron chi connectivity index (χ3n) is 1.68. The SMILES string of the molecule is CC(C)(C)NC(=O)CCc1c[nH]cn1. The summed E-state index contributed by atoms with van der Waals surface area (Å²) in [6.45, 7) is 5.92. The van der Waals surface area contributed by atoms with E-state index in [2.05, 4.69) is 15.3 Å². The average molecular weight is 195 g/mol. The maximum atomic E-state index is 11.4. The quantitative estimate of drug-likeness (QED) is 0.762. The van der Waals surface area contributed by atoms with Crippen LogP contribution in [0.15, 0.2) is 12.5 Å². The van der Waals surface area contributed by atoms with Crippen LogP contribution in [0.25, 0.3) is 0 Å². The zero-order valence-electron chi connectivity index (χ0n) is 8.92. The number of aromatic amines is 1. The van der Waals surface area contributed by atoms with E-state index in [1.165, 1.54) is 0 Å². The van der Waals surface area contributed by atoms with Crippen LogP contribution >= 0.6 is 0 Å². The van der Waals surface area contributed by atoms with Crippen molar-refractivity contribution in [3.8, 4) is 0 Å². The first-order chi connectivity index (χ1) is 6.47. The fourth-order valence-electron chi connectivity index (χ4n) is 1.15. The van der Waals surface area contributed by atoms with Gasteiger partial charge >= 0.3 is 0 Å². The van der Waals surface area contributed by atoms with Gasteiger partial charge in [-0.15, -0.1) is 0 Å². The van der Waals surface area contributed by atoms with Crippen molar-refractivity contribution in [2.24, 2.45) is 0 Å². The minimum atomic E-state index is -0.150. The fraction of sp³-hybridized carbons (Fsp3) is 0.600. The lowest BCUT2D eigenvalue weighted by Gasteiger charge is -2.20. The first-order valence-electron chi connectivity index (χ1n) is 4.76.